The number of fused-ring (bicyclic) bond motifs is 1. The molecule has 3 aromatic rings. The molecule has 2 aromatic carbocycles. The second-order valence-electron chi connectivity index (χ2n) is 6.84. The lowest BCUT2D eigenvalue weighted by atomic mass is 10.0. The van der Waals surface area contributed by atoms with E-state index in [2.05, 4.69) is 21.9 Å². The van der Waals surface area contributed by atoms with Crippen molar-refractivity contribution in [2.75, 3.05) is 20.1 Å². The predicted octanol–water partition coefficient (Wildman–Crippen LogP) is 4.03. The average molecular weight is 392 g/mol. The van der Waals surface area contributed by atoms with Gasteiger partial charge in [0.15, 0.2) is 11.6 Å². The number of rotatable bonds is 4. The summed E-state index contributed by atoms with van der Waals surface area (Å²) in [6.07, 6.45) is 1.17. The van der Waals surface area contributed by atoms with E-state index in [0.717, 1.165) is 37.0 Å². The quantitative estimate of drug-likeness (QED) is 0.705. The van der Waals surface area contributed by atoms with Gasteiger partial charge in [0.05, 0.1) is 17.1 Å². The topological polar surface area (TPSA) is 61.4 Å². The van der Waals surface area contributed by atoms with E-state index in [1.54, 1.807) is 12.1 Å². The fourth-order valence-corrected chi connectivity index (χ4v) is 3.44. The molecule has 1 saturated heterocycles. The maximum absolute atomic E-state index is 13.9. The van der Waals surface area contributed by atoms with Crippen molar-refractivity contribution in [3.8, 4) is 5.75 Å². The van der Waals surface area contributed by atoms with E-state index in [4.69, 9.17) is 4.74 Å². The number of phenols is 1. The first kappa shape index (κ1) is 19.6. The van der Waals surface area contributed by atoms with Crippen LogP contribution in [0.4, 0.5) is 4.39 Å². The number of imidazole rings is 1. The molecule has 1 aromatic heterocycles. The zero-order chi connectivity index (χ0) is 18.1. The molecule has 1 aliphatic heterocycles. The van der Waals surface area contributed by atoms with Gasteiger partial charge in [-0.25, -0.2) is 9.37 Å². The maximum Gasteiger partial charge on any atom is 0.165 e. The second kappa shape index (κ2) is 8.25. The number of nitrogens with one attached hydrogen (secondary N) is 1. The minimum absolute atomic E-state index is 0. The molecule has 5 nitrogen and oxygen atoms in total. The summed E-state index contributed by atoms with van der Waals surface area (Å²) in [5.74, 6) is -0.465. The molecular weight excluding hydrogens is 369 g/mol. The number of nitrogens with zero attached hydrogens (tertiary/aromatic N) is 2. The minimum Gasteiger partial charge on any atom is -0.505 e. The van der Waals surface area contributed by atoms with Gasteiger partial charge in [0.25, 0.3) is 0 Å². The standard InChI is InChI=1S/C20H22FN3O2.ClH/c1-24-11-9-13(10-12-24)26-19(14-5-4-6-15(21)18(14)25)20-22-16-7-2-3-8-17(16)23-20;/h2-8,13,19,25H,9-12H2,1H3,(H,22,23);1H. The first-order valence-electron chi connectivity index (χ1n) is 8.88. The number of aromatic nitrogens is 2. The maximum atomic E-state index is 13.9. The van der Waals surface area contributed by atoms with Gasteiger partial charge in [-0.3, -0.25) is 0 Å². The molecule has 4 rings (SSSR count). The first-order valence-corrected chi connectivity index (χ1v) is 8.88. The monoisotopic (exact) mass is 391 g/mol. The Hall–Kier alpha value is -2.15. The number of hydrogen-bond acceptors (Lipinski definition) is 4. The van der Waals surface area contributed by atoms with Crippen molar-refractivity contribution in [3.05, 3.63) is 59.7 Å². The summed E-state index contributed by atoms with van der Waals surface area (Å²) in [5.41, 5.74) is 2.09. The Bertz CT molecular complexity index is 876. The van der Waals surface area contributed by atoms with Crippen LogP contribution in [0, 0.1) is 5.82 Å². The number of para-hydroxylation sites is 3. The summed E-state index contributed by atoms with van der Waals surface area (Å²) in [5, 5.41) is 10.3. The number of piperidine rings is 1. The molecule has 27 heavy (non-hydrogen) atoms. The number of ether oxygens (including phenoxy) is 1. The van der Waals surface area contributed by atoms with Gasteiger partial charge in [0.2, 0.25) is 0 Å². The zero-order valence-corrected chi connectivity index (χ0v) is 15.9. The molecule has 1 unspecified atom stereocenters. The van der Waals surface area contributed by atoms with E-state index in [0.29, 0.717) is 11.4 Å². The Labute approximate surface area is 163 Å². The van der Waals surface area contributed by atoms with Crippen molar-refractivity contribution in [1.82, 2.24) is 14.9 Å². The Morgan fingerprint density at radius 1 is 1.19 bits per heavy atom. The summed E-state index contributed by atoms with van der Waals surface area (Å²) < 4.78 is 20.3. The van der Waals surface area contributed by atoms with Crippen molar-refractivity contribution in [3.63, 3.8) is 0 Å². The van der Waals surface area contributed by atoms with Crippen LogP contribution in [0.5, 0.6) is 5.75 Å². The highest BCUT2D eigenvalue weighted by atomic mass is 35.5. The van der Waals surface area contributed by atoms with Crippen LogP contribution in [0.25, 0.3) is 11.0 Å². The molecule has 0 spiro atoms. The number of likely N-dealkylation sites (tertiary alicyclic amines) is 1. The normalized spacial score (nSPS) is 17.0. The number of benzene rings is 2. The fourth-order valence-electron chi connectivity index (χ4n) is 3.44. The molecule has 0 bridgehead atoms. The molecule has 144 valence electrons. The van der Waals surface area contributed by atoms with Gasteiger partial charge in [-0.1, -0.05) is 24.3 Å². The molecule has 7 heteroatoms. The number of aromatic hydroxyl groups is 1. The van der Waals surface area contributed by atoms with E-state index in [-0.39, 0.29) is 24.3 Å². The molecule has 0 amide bonds. The Morgan fingerprint density at radius 2 is 1.93 bits per heavy atom. The van der Waals surface area contributed by atoms with Crippen LogP contribution in [-0.2, 0) is 4.74 Å². The van der Waals surface area contributed by atoms with E-state index < -0.39 is 11.9 Å². The molecule has 0 aliphatic carbocycles. The highest BCUT2D eigenvalue weighted by molar-refractivity contribution is 5.85. The molecule has 0 saturated carbocycles. The van der Waals surface area contributed by atoms with E-state index in [1.807, 2.05) is 24.3 Å². The Balaban J connectivity index is 0.00000210. The van der Waals surface area contributed by atoms with Crippen molar-refractivity contribution < 1.29 is 14.2 Å². The van der Waals surface area contributed by atoms with Crippen LogP contribution < -0.4 is 0 Å². The molecular formula is C20H23ClFN3O2. The summed E-state index contributed by atoms with van der Waals surface area (Å²) in [7, 11) is 2.09. The van der Waals surface area contributed by atoms with Crippen LogP contribution in [0.1, 0.15) is 30.3 Å². The number of halogens is 2. The van der Waals surface area contributed by atoms with Gasteiger partial charge >= 0.3 is 0 Å². The van der Waals surface area contributed by atoms with Crippen LogP contribution >= 0.6 is 12.4 Å². The van der Waals surface area contributed by atoms with Gasteiger partial charge in [-0.2, -0.15) is 0 Å². The van der Waals surface area contributed by atoms with Crippen molar-refractivity contribution in [2.24, 2.45) is 0 Å². The third kappa shape index (κ3) is 4.08. The fraction of sp³-hybridized carbons (Fsp3) is 0.350. The molecule has 2 heterocycles. The highest BCUT2D eigenvalue weighted by Gasteiger charge is 2.28. The first-order chi connectivity index (χ1) is 12.6. The number of phenolic OH excluding ortho intramolecular Hbond substituents is 1. The molecule has 2 N–H and O–H groups in total. The smallest absolute Gasteiger partial charge is 0.165 e. The largest absolute Gasteiger partial charge is 0.505 e. The molecule has 1 fully saturated rings. The van der Waals surface area contributed by atoms with E-state index in [1.165, 1.54) is 6.07 Å². The van der Waals surface area contributed by atoms with Gasteiger partial charge < -0.3 is 19.7 Å². The zero-order valence-electron chi connectivity index (χ0n) is 15.1. The summed E-state index contributed by atoms with van der Waals surface area (Å²) >= 11 is 0. The van der Waals surface area contributed by atoms with Crippen LogP contribution in [0.15, 0.2) is 42.5 Å². The molecule has 1 aliphatic rings. The van der Waals surface area contributed by atoms with Crippen LogP contribution in [-0.4, -0.2) is 46.2 Å². The van der Waals surface area contributed by atoms with Gasteiger partial charge in [-0.15, -0.1) is 12.4 Å². The van der Waals surface area contributed by atoms with Gasteiger partial charge in [0, 0.05) is 18.7 Å². The second-order valence-corrected chi connectivity index (χ2v) is 6.84. The van der Waals surface area contributed by atoms with Crippen molar-refractivity contribution in [2.45, 2.75) is 25.0 Å². The van der Waals surface area contributed by atoms with Crippen molar-refractivity contribution in [1.29, 1.82) is 0 Å². The Kier molecular flexibility index (Phi) is 5.99. The summed E-state index contributed by atoms with van der Waals surface area (Å²) in [6, 6.07) is 12.2. The van der Waals surface area contributed by atoms with Crippen LogP contribution in [0.3, 0.4) is 0 Å². The molecule has 0 radical (unpaired) electrons. The lowest BCUT2D eigenvalue weighted by Crippen LogP contribution is -2.35. The number of H-pyrrole nitrogens is 1. The lowest BCUT2D eigenvalue weighted by Gasteiger charge is -2.31. The lowest BCUT2D eigenvalue weighted by molar-refractivity contribution is -0.0273. The van der Waals surface area contributed by atoms with Crippen molar-refractivity contribution >= 4 is 23.4 Å². The molecule has 1 atom stereocenters. The van der Waals surface area contributed by atoms with Crippen LogP contribution in [0.2, 0.25) is 0 Å². The SMILES string of the molecule is CN1CCC(OC(c2nc3ccccc3[nH]2)c2cccc(F)c2O)CC1.Cl. The minimum atomic E-state index is -0.657. The average Bonchev–Trinajstić information content (AvgIpc) is 3.08. The summed E-state index contributed by atoms with van der Waals surface area (Å²) in [6.45, 7) is 1.90. The van der Waals surface area contributed by atoms with E-state index >= 15 is 0 Å². The van der Waals surface area contributed by atoms with Gasteiger partial charge in [0.1, 0.15) is 11.9 Å². The number of aromatic amines is 1. The third-order valence-corrected chi connectivity index (χ3v) is 4.95. The van der Waals surface area contributed by atoms with Gasteiger partial charge in [-0.05, 0) is 38.1 Å². The number of hydrogen-bond donors (Lipinski definition) is 2. The third-order valence-electron chi connectivity index (χ3n) is 4.95. The highest BCUT2D eigenvalue weighted by Crippen LogP contribution is 2.35. The Morgan fingerprint density at radius 3 is 2.67 bits per heavy atom. The van der Waals surface area contributed by atoms with E-state index in [9.17, 15) is 9.50 Å². The predicted molar refractivity (Wildman–Crippen MR) is 105 cm³/mol. The summed E-state index contributed by atoms with van der Waals surface area (Å²) in [4.78, 5) is 10.1.